The van der Waals surface area contributed by atoms with Gasteiger partial charge in [-0.25, -0.2) is 0 Å². The van der Waals surface area contributed by atoms with Gasteiger partial charge in [0.2, 0.25) is 0 Å². The molecule has 1 aromatic heterocycles. The molecule has 0 aliphatic heterocycles. The van der Waals surface area contributed by atoms with Gasteiger partial charge in [0, 0.05) is 10.8 Å². The van der Waals surface area contributed by atoms with Crippen LogP contribution in [0.2, 0.25) is 0 Å². The lowest BCUT2D eigenvalue weighted by Crippen LogP contribution is -1.79. The van der Waals surface area contributed by atoms with Gasteiger partial charge in [0.05, 0.1) is 6.21 Å². The predicted molar refractivity (Wildman–Crippen MR) is 63.1 cm³/mol. The van der Waals surface area contributed by atoms with Gasteiger partial charge in [-0.2, -0.15) is 0 Å². The van der Waals surface area contributed by atoms with E-state index in [9.17, 15) is 0 Å². The van der Waals surface area contributed by atoms with E-state index in [1.807, 2.05) is 42.5 Å². The van der Waals surface area contributed by atoms with Gasteiger partial charge in [-0.15, -0.1) is 0 Å². The first-order chi connectivity index (χ1) is 7.88. The fourth-order valence-corrected chi connectivity index (χ4v) is 1.89. The zero-order chi connectivity index (χ0) is 11.0. The molecule has 2 aromatic carbocycles. The summed E-state index contributed by atoms with van der Waals surface area (Å²) in [5.41, 5.74) is 2.56. The summed E-state index contributed by atoms with van der Waals surface area (Å²) in [5, 5.41) is 13.6. The van der Waals surface area contributed by atoms with Crippen molar-refractivity contribution in [2.45, 2.75) is 0 Å². The third kappa shape index (κ3) is 1.26. The minimum absolute atomic E-state index is 0.844. The highest BCUT2D eigenvalue weighted by Gasteiger charge is 2.05. The maximum atomic E-state index is 8.50. The van der Waals surface area contributed by atoms with Crippen molar-refractivity contribution in [3.8, 4) is 0 Å². The summed E-state index contributed by atoms with van der Waals surface area (Å²) in [4.78, 5) is 0. The lowest BCUT2D eigenvalue weighted by Gasteiger charge is -1.91. The van der Waals surface area contributed by atoms with E-state index in [4.69, 9.17) is 9.62 Å². The van der Waals surface area contributed by atoms with E-state index in [1.54, 1.807) is 0 Å². The van der Waals surface area contributed by atoms with Gasteiger partial charge in [0.15, 0.2) is 0 Å². The lowest BCUT2D eigenvalue weighted by molar-refractivity contribution is 0.322. The van der Waals surface area contributed by atoms with Crippen molar-refractivity contribution >= 4 is 28.2 Å². The maximum Gasteiger partial charge on any atom is 0.135 e. The molecule has 0 spiro atoms. The first-order valence-electron chi connectivity index (χ1n) is 4.97. The lowest BCUT2D eigenvalue weighted by atomic mass is 10.1. The molecule has 0 bridgehead atoms. The monoisotopic (exact) mass is 211 g/mol. The van der Waals surface area contributed by atoms with Crippen LogP contribution in [0.25, 0.3) is 21.9 Å². The summed E-state index contributed by atoms with van der Waals surface area (Å²) in [5.74, 6) is 0. The number of fused-ring (bicyclic) bond motifs is 3. The quantitative estimate of drug-likeness (QED) is 0.381. The van der Waals surface area contributed by atoms with Crippen molar-refractivity contribution in [3.63, 3.8) is 0 Å². The Bertz CT molecular complexity index is 683. The number of oxime groups is 1. The van der Waals surface area contributed by atoms with Crippen LogP contribution in [0.5, 0.6) is 0 Å². The molecule has 0 aliphatic carbocycles. The third-order valence-corrected chi connectivity index (χ3v) is 2.61. The Morgan fingerprint density at radius 3 is 2.69 bits per heavy atom. The molecule has 78 valence electrons. The first-order valence-corrected chi connectivity index (χ1v) is 4.97. The number of furan rings is 1. The van der Waals surface area contributed by atoms with E-state index in [0.717, 1.165) is 27.5 Å². The minimum Gasteiger partial charge on any atom is -0.456 e. The minimum atomic E-state index is 0.844. The van der Waals surface area contributed by atoms with E-state index in [2.05, 4.69) is 5.16 Å². The average molecular weight is 211 g/mol. The Hall–Kier alpha value is -2.29. The zero-order valence-electron chi connectivity index (χ0n) is 8.42. The van der Waals surface area contributed by atoms with Crippen molar-refractivity contribution < 1.29 is 9.62 Å². The molecule has 3 rings (SSSR count). The molecule has 0 amide bonds. The molecule has 0 fully saturated rings. The molecule has 0 saturated heterocycles. The molecule has 3 heteroatoms. The Morgan fingerprint density at radius 1 is 1.00 bits per heavy atom. The van der Waals surface area contributed by atoms with Crippen LogP contribution in [-0.4, -0.2) is 11.4 Å². The number of benzene rings is 2. The summed E-state index contributed by atoms with van der Waals surface area (Å²) in [7, 11) is 0. The van der Waals surface area contributed by atoms with Crippen LogP contribution in [0.1, 0.15) is 5.56 Å². The van der Waals surface area contributed by atoms with Crippen LogP contribution in [0.4, 0.5) is 0 Å². The van der Waals surface area contributed by atoms with E-state index in [-0.39, 0.29) is 0 Å². The molecule has 0 unspecified atom stereocenters. The highest BCUT2D eigenvalue weighted by molar-refractivity contribution is 6.06. The Kier molecular flexibility index (Phi) is 1.90. The molecule has 3 nitrogen and oxygen atoms in total. The molecule has 0 aliphatic rings. The standard InChI is InChI=1S/C13H9NO2/c15-14-8-9-5-6-13-11(7-9)10-3-1-2-4-12(10)16-13/h1-8,15H. The average Bonchev–Trinajstić information content (AvgIpc) is 2.68. The second kappa shape index (κ2) is 3.38. The fraction of sp³-hybridized carbons (Fsp3) is 0. The van der Waals surface area contributed by atoms with Gasteiger partial charge < -0.3 is 9.62 Å². The predicted octanol–water partition coefficient (Wildman–Crippen LogP) is 3.39. The SMILES string of the molecule is ON=Cc1ccc2oc3ccccc3c2c1. The number of hydrogen-bond donors (Lipinski definition) is 1. The first kappa shape index (κ1) is 8.97. The molecular weight excluding hydrogens is 202 g/mol. The van der Waals surface area contributed by atoms with Crippen molar-refractivity contribution in [2.75, 3.05) is 0 Å². The Labute approximate surface area is 91.6 Å². The number of hydrogen-bond acceptors (Lipinski definition) is 3. The molecular formula is C13H9NO2. The summed E-state index contributed by atoms with van der Waals surface area (Å²) in [6.45, 7) is 0. The second-order valence-electron chi connectivity index (χ2n) is 3.60. The third-order valence-electron chi connectivity index (χ3n) is 2.61. The molecule has 3 aromatic rings. The number of nitrogens with zero attached hydrogens (tertiary/aromatic N) is 1. The van der Waals surface area contributed by atoms with Gasteiger partial charge in [0.25, 0.3) is 0 Å². The maximum absolute atomic E-state index is 8.50. The molecule has 0 saturated carbocycles. The summed E-state index contributed by atoms with van der Waals surface area (Å²) >= 11 is 0. The van der Waals surface area contributed by atoms with E-state index in [1.165, 1.54) is 6.21 Å². The van der Waals surface area contributed by atoms with Crippen LogP contribution >= 0.6 is 0 Å². The van der Waals surface area contributed by atoms with Gasteiger partial charge >= 0.3 is 0 Å². The van der Waals surface area contributed by atoms with E-state index in [0.29, 0.717) is 0 Å². The second-order valence-corrected chi connectivity index (χ2v) is 3.60. The van der Waals surface area contributed by atoms with Crippen LogP contribution in [0.3, 0.4) is 0 Å². The van der Waals surface area contributed by atoms with Crippen molar-refractivity contribution in [3.05, 3.63) is 48.0 Å². The topological polar surface area (TPSA) is 45.7 Å². The Balaban J connectivity index is 2.39. The van der Waals surface area contributed by atoms with Gasteiger partial charge in [0.1, 0.15) is 11.2 Å². The summed E-state index contributed by atoms with van der Waals surface area (Å²) in [6.07, 6.45) is 1.40. The molecule has 0 atom stereocenters. The largest absolute Gasteiger partial charge is 0.456 e. The number of para-hydroxylation sites is 1. The highest BCUT2D eigenvalue weighted by atomic mass is 16.4. The Morgan fingerprint density at radius 2 is 1.81 bits per heavy atom. The van der Waals surface area contributed by atoms with Crippen LogP contribution < -0.4 is 0 Å². The molecule has 16 heavy (non-hydrogen) atoms. The molecule has 1 heterocycles. The zero-order valence-corrected chi connectivity index (χ0v) is 8.42. The van der Waals surface area contributed by atoms with Crippen LogP contribution in [0, 0.1) is 0 Å². The normalized spacial score (nSPS) is 11.8. The van der Waals surface area contributed by atoms with Crippen molar-refractivity contribution in [1.82, 2.24) is 0 Å². The van der Waals surface area contributed by atoms with Gasteiger partial charge in [-0.05, 0) is 29.8 Å². The van der Waals surface area contributed by atoms with Crippen LogP contribution in [-0.2, 0) is 0 Å². The smallest absolute Gasteiger partial charge is 0.135 e. The van der Waals surface area contributed by atoms with Crippen LogP contribution in [0.15, 0.2) is 52.0 Å². The summed E-state index contributed by atoms with van der Waals surface area (Å²) < 4.78 is 5.68. The van der Waals surface area contributed by atoms with Crippen molar-refractivity contribution in [1.29, 1.82) is 0 Å². The van der Waals surface area contributed by atoms with E-state index >= 15 is 0 Å². The van der Waals surface area contributed by atoms with Gasteiger partial charge in [-0.3, -0.25) is 0 Å². The fourth-order valence-electron chi connectivity index (χ4n) is 1.89. The summed E-state index contributed by atoms with van der Waals surface area (Å²) in [6, 6.07) is 13.6. The van der Waals surface area contributed by atoms with Gasteiger partial charge in [-0.1, -0.05) is 23.4 Å². The van der Waals surface area contributed by atoms with Crippen molar-refractivity contribution in [2.24, 2.45) is 5.16 Å². The highest BCUT2D eigenvalue weighted by Crippen LogP contribution is 2.28. The number of rotatable bonds is 1. The molecule has 1 N–H and O–H groups in total. The van der Waals surface area contributed by atoms with E-state index < -0.39 is 0 Å². The molecule has 0 radical (unpaired) electrons.